The van der Waals surface area contributed by atoms with Gasteiger partial charge >= 0.3 is 0 Å². The normalized spacial score (nSPS) is 56.1. The summed E-state index contributed by atoms with van der Waals surface area (Å²) in [7, 11) is 0. The van der Waals surface area contributed by atoms with Crippen LogP contribution in [0, 0.1) is 28.6 Å². The fourth-order valence-corrected chi connectivity index (χ4v) is 7.46. The number of fused-ring (bicyclic) bond motifs is 5. The van der Waals surface area contributed by atoms with Gasteiger partial charge in [-0.1, -0.05) is 19.4 Å². The van der Waals surface area contributed by atoms with Gasteiger partial charge in [-0.2, -0.15) is 0 Å². The number of carbonyl (C=O) groups excluding carboxylic acids is 1. The number of hydrogen-bond acceptors (Lipinski definition) is 3. The van der Waals surface area contributed by atoms with Crippen molar-refractivity contribution in [3.8, 4) is 0 Å². The highest BCUT2D eigenvalue weighted by Gasteiger charge is 2.68. The zero-order valence-electron chi connectivity index (χ0n) is 15.0. The minimum absolute atomic E-state index is 0.0252. The number of hydrogen-bond donors (Lipinski definition) is 1. The molecule has 0 aromatic carbocycles. The van der Waals surface area contributed by atoms with Crippen molar-refractivity contribution in [3.05, 3.63) is 11.6 Å². The van der Waals surface area contributed by atoms with Gasteiger partial charge in [0.2, 0.25) is 0 Å². The van der Waals surface area contributed by atoms with Crippen molar-refractivity contribution in [1.82, 2.24) is 0 Å². The average molecular weight is 330 g/mol. The molecule has 0 aromatic rings. The van der Waals surface area contributed by atoms with E-state index >= 15 is 0 Å². The molecular formula is C21H30O3. The number of rotatable bonds is 1. The SMILES string of the molecule is C[C@]12CCC(=O)C=C1CC[C@@H]1[C@@H]2CC[C@@]2(C)[C@H]1CC[C@]2(O)[C@@H]1CO1. The van der Waals surface area contributed by atoms with Crippen molar-refractivity contribution in [2.24, 2.45) is 28.6 Å². The predicted molar refractivity (Wildman–Crippen MR) is 91.4 cm³/mol. The Morgan fingerprint density at radius 2 is 1.83 bits per heavy atom. The summed E-state index contributed by atoms with van der Waals surface area (Å²) in [6.07, 6.45) is 10.5. The number of aliphatic hydroxyl groups is 1. The Kier molecular flexibility index (Phi) is 3.07. The third-order valence-electron chi connectivity index (χ3n) is 9.04. The fraction of sp³-hybridized carbons (Fsp3) is 0.857. The molecule has 4 fully saturated rings. The quantitative estimate of drug-likeness (QED) is 0.747. The summed E-state index contributed by atoms with van der Waals surface area (Å²) in [5.74, 6) is 2.38. The zero-order chi connectivity index (χ0) is 16.7. The molecule has 24 heavy (non-hydrogen) atoms. The lowest BCUT2D eigenvalue weighted by atomic mass is 9.46. The molecule has 1 aliphatic heterocycles. The second-order valence-corrected chi connectivity index (χ2v) is 9.71. The van der Waals surface area contributed by atoms with Crippen molar-refractivity contribution < 1.29 is 14.6 Å². The molecule has 3 saturated carbocycles. The van der Waals surface area contributed by atoms with Crippen LogP contribution in [-0.2, 0) is 9.53 Å². The van der Waals surface area contributed by atoms with Gasteiger partial charge in [-0.3, -0.25) is 4.79 Å². The summed E-state index contributed by atoms with van der Waals surface area (Å²) >= 11 is 0. The van der Waals surface area contributed by atoms with E-state index in [4.69, 9.17) is 4.74 Å². The molecule has 0 bridgehead atoms. The van der Waals surface area contributed by atoms with E-state index in [1.165, 1.54) is 18.4 Å². The Bertz CT molecular complexity index is 621. The number of epoxide rings is 1. The average Bonchev–Trinajstić information content (AvgIpc) is 3.36. The largest absolute Gasteiger partial charge is 0.387 e. The van der Waals surface area contributed by atoms with Crippen LogP contribution < -0.4 is 0 Å². The van der Waals surface area contributed by atoms with E-state index in [-0.39, 0.29) is 16.9 Å². The maximum absolute atomic E-state index is 11.9. The molecule has 132 valence electrons. The monoisotopic (exact) mass is 330 g/mol. The Morgan fingerprint density at radius 3 is 2.58 bits per heavy atom. The third kappa shape index (κ3) is 1.78. The lowest BCUT2D eigenvalue weighted by Crippen LogP contribution is -2.56. The zero-order valence-corrected chi connectivity index (χ0v) is 15.0. The number of allylic oxidation sites excluding steroid dienone is 1. The van der Waals surface area contributed by atoms with Gasteiger partial charge in [-0.15, -0.1) is 0 Å². The van der Waals surface area contributed by atoms with E-state index in [1.807, 2.05) is 6.08 Å². The van der Waals surface area contributed by atoms with Crippen LogP contribution in [0.1, 0.15) is 65.2 Å². The van der Waals surface area contributed by atoms with Crippen molar-refractivity contribution in [2.75, 3.05) is 6.61 Å². The maximum atomic E-state index is 11.9. The molecule has 0 spiro atoms. The first kappa shape index (κ1) is 15.6. The van der Waals surface area contributed by atoms with E-state index in [0.29, 0.717) is 23.5 Å². The molecule has 0 radical (unpaired) electrons. The summed E-state index contributed by atoms with van der Waals surface area (Å²) in [5.41, 5.74) is 1.09. The van der Waals surface area contributed by atoms with Crippen LogP contribution >= 0.6 is 0 Å². The summed E-state index contributed by atoms with van der Waals surface area (Å²) in [6, 6.07) is 0. The van der Waals surface area contributed by atoms with Crippen LogP contribution in [0.15, 0.2) is 11.6 Å². The Labute approximate surface area is 144 Å². The highest BCUT2D eigenvalue weighted by molar-refractivity contribution is 5.91. The lowest BCUT2D eigenvalue weighted by Gasteiger charge is -2.59. The van der Waals surface area contributed by atoms with Crippen LogP contribution in [-0.4, -0.2) is 29.2 Å². The molecular weight excluding hydrogens is 300 g/mol. The van der Waals surface area contributed by atoms with Crippen molar-refractivity contribution in [3.63, 3.8) is 0 Å². The minimum atomic E-state index is -0.595. The number of ketones is 1. The van der Waals surface area contributed by atoms with Gasteiger partial charge in [-0.25, -0.2) is 0 Å². The van der Waals surface area contributed by atoms with Crippen molar-refractivity contribution in [2.45, 2.75) is 76.9 Å². The van der Waals surface area contributed by atoms with Gasteiger partial charge in [0, 0.05) is 11.8 Å². The van der Waals surface area contributed by atoms with Gasteiger partial charge in [-0.05, 0) is 74.2 Å². The van der Waals surface area contributed by atoms with Gasteiger partial charge < -0.3 is 9.84 Å². The first-order valence-electron chi connectivity index (χ1n) is 9.96. The molecule has 3 nitrogen and oxygen atoms in total. The standard InChI is InChI=1S/C21H30O3/c1-19-8-5-14(22)11-13(19)3-4-15-16(19)6-9-20(2)17(15)7-10-21(20,23)18-12-24-18/h11,15-18,23H,3-10,12H2,1-2H3/t15-,16+,17+,18+,19+,20+,21+/m1/s1. The Morgan fingerprint density at radius 1 is 1.08 bits per heavy atom. The van der Waals surface area contributed by atoms with Crippen molar-refractivity contribution in [1.29, 1.82) is 0 Å². The van der Waals surface area contributed by atoms with Gasteiger partial charge in [0.1, 0.15) is 6.10 Å². The van der Waals surface area contributed by atoms with E-state index in [0.717, 1.165) is 45.1 Å². The number of carbonyl (C=O) groups is 1. The third-order valence-corrected chi connectivity index (χ3v) is 9.04. The molecule has 4 aliphatic carbocycles. The van der Waals surface area contributed by atoms with Crippen molar-refractivity contribution >= 4 is 5.78 Å². The molecule has 1 heterocycles. The topological polar surface area (TPSA) is 49.8 Å². The van der Waals surface area contributed by atoms with Crippen LogP contribution in [0.5, 0.6) is 0 Å². The molecule has 1 N–H and O–H groups in total. The highest BCUT2D eigenvalue weighted by atomic mass is 16.6. The van der Waals surface area contributed by atoms with E-state index < -0.39 is 5.60 Å². The molecule has 5 rings (SSSR count). The molecule has 0 aromatic heterocycles. The van der Waals surface area contributed by atoms with Crippen LogP contribution in [0.4, 0.5) is 0 Å². The van der Waals surface area contributed by atoms with Crippen LogP contribution in [0.25, 0.3) is 0 Å². The summed E-state index contributed by atoms with van der Waals surface area (Å²) in [6.45, 7) is 5.52. The van der Waals surface area contributed by atoms with E-state index in [1.54, 1.807) is 0 Å². The first-order valence-corrected chi connectivity index (χ1v) is 9.96. The van der Waals surface area contributed by atoms with Gasteiger partial charge in [0.05, 0.1) is 12.2 Å². The lowest BCUT2D eigenvalue weighted by molar-refractivity contribution is -0.138. The smallest absolute Gasteiger partial charge is 0.155 e. The van der Waals surface area contributed by atoms with Crippen LogP contribution in [0.3, 0.4) is 0 Å². The molecule has 1 saturated heterocycles. The summed E-state index contributed by atoms with van der Waals surface area (Å²) in [4.78, 5) is 11.9. The summed E-state index contributed by atoms with van der Waals surface area (Å²) < 4.78 is 5.57. The van der Waals surface area contributed by atoms with Gasteiger partial charge in [0.15, 0.2) is 5.78 Å². The molecule has 3 heteroatoms. The maximum Gasteiger partial charge on any atom is 0.155 e. The second kappa shape index (κ2) is 4.73. The minimum Gasteiger partial charge on any atom is -0.387 e. The number of ether oxygens (including phenoxy) is 1. The summed E-state index contributed by atoms with van der Waals surface area (Å²) in [5, 5.41) is 11.4. The molecule has 0 amide bonds. The fourth-order valence-electron chi connectivity index (χ4n) is 7.46. The predicted octanol–water partition coefficient (Wildman–Crippen LogP) is 3.65. The Hall–Kier alpha value is -0.670. The molecule has 7 atom stereocenters. The highest BCUT2D eigenvalue weighted by Crippen LogP contribution is 2.68. The first-order chi connectivity index (χ1) is 11.4. The Balaban J connectivity index is 1.49. The molecule has 0 unspecified atom stereocenters. The van der Waals surface area contributed by atoms with Gasteiger partial charge in [0.25, 0.3) is 0 Å². The van der Waals surface area contributed by atoms with E-state index in [9.17, 15) is 9.90 Å². The second-order valence-electron chi connectivity index (χ2n) is 9.71. The van der Waals surface area contributed by atoms with E-state index in [2.05, 4.69) is 13.8 Å². The van der Waals surface area contributed by atoms with Crippen LogP contribution in [0.2, 0.25) is 0 Å². The molecule has 5 aliphatic rings.